The zero-order chi connectivity index (χ0) is 15.7. The first-order chi connectivity index (χ1) is 10.5. The summed E-state index contributed by atoms with van der Waals surface area (Å²) in [5.41, 5.74) is 2.62. The fraction of sp³-hybridized carbons (Fsp3) is 0.111. The predicted molar refractivity (Wildman–Crippen MR) is 90.7 cm³/mol. The van der Waals surface area contributed by atoms with Crippen molar-refractivity contribution in [2.45, 2.75) is 18.7 Å². The minimum atomic E-state index is -3.59. The number of anilines is 1. The highest BCUT2D eigenvalue weighted by molar-refractivity contribution is 7.92. The summed E-state index contributed by atoms with van der Waals surface area (Å²) in [6, 6.07) is 18.5. The van der Waals surface area contributed by atoms with E-state index in [1.54, 1.807) is 18.2 Å². The molecule has 0 aromatic heterocycles. The Labute approximate surface area is 130 Å². The summed E-state index contributed by atoms with van der Waals surface area (Å²) in [6.07, 6.45) is 0. The molecule has 1 N–H and O–H groups in total. The van der Waals surface area contributed by atoms with Gasteiger partial charge in [-0.05, 0) is 48.4 Å². The van der Waals surface area contributed by atoms with Gasteiger partial charge in [-0.3, -0.25) is 4.72 Å². The van der Waals surface area contributed by atoms with E-state index in [-0.39, 0.29) is 4.90 Å². The van der Waals surface area contributed by atoms with Crippen LogP contribution in [0.15, 0.2) is 65.6 Å². The SMILES string of the molecule is Cc1ccc(NS(=O)(=O)c2ccc3ccccc3c2)c(C)c1. The van der Waals surface area contributed by atoms with Crippen molar-refractivity contribution < 1.29 is 8.42 Å². The Morgan fingerprint density at radius 3 is 2.27 bits per heavy atom. The van der Waals surface area contributed by atoms with Crippen molar-refractivity contribution in [3.8, 4) is 0 Å². The third kappa shape index (κ3) is 2.83. The molecule has 4 heteroatoms. The fourth-order valence-electron chi connectivity index (χ4n) is 2.47. The van der Waals surface area contributed by atoms with E-state index in [9.17, 15) is 8.42 Å². The highest BCUT2D eigenvalue weighted by Crippen LogP contribution is 2.23. The minimum absolute atomic E-state index is 0.270. The van der Waals surface area contributed by atoms with E-state index >= 15 is 0 Å². The number of hydrogen-bond acceptors (Lipinski definition) is 2. The number of fused-ring (bicyclic) bond motifs is 1. The van der Waals surface area contributed by atoms with Gasteiger partial charge < -0.3 is 0 Å². The largest absolute Gasteiger partial charge is 0.279 e. The lowest BCUT2D eigenvalue weighted by Crippen LogP contribution is -2.13. The summed E-state index contributed by atoms with van der Waals surface area (Å²) in [4.78, 5) is 0.270. The Bertz CT molecular complexity index is 946. The van der Waals surface area contributed by atoms with Crippen LogP contribution in [0.2, 0.25) is 0 Å². The Balaban J connectivity index is 2.00. The summed E-state index contributed by atoms with van der Waals surface area (Å²) in [5, 5.41) is 1.93. The molecule has 0 aliphatic rings. The van der Waals surface area contributed by atoms with Gasteiger partial charge in [0.2, 0.25) is 0 Å². The third-order valence-corrected chi connectivity index (χ3v) is 5.02. The van der Waals surface area contributed by atoms with Crippen LogP contribution in [0, 0.1) is 13.8 Å². The molecule has 0 unspecified atom stereocenters. The lowest BCUT2D eigenvalue weighted by Gasteiger charge is -2.11. The molecule has 3 aromatic rings. The molecule has 3 aromatic carbocycles. The van der Waals surface area contributed by atoms with Crippen LogP contribution in [0.1, 0.15) is 11.1 Å². The van der Waals surface area contributed by atoms with Gasteiger partial charge in [0.1, 0.15) is 0 Å². The lowest BCUT2D eigenvalue weighted by atomic mass is 10.1. The number of aryl methyl sites for hydroxylation is 2. The van der Waals surface area contributed by atoms with E-state index < -0.39 is 10.0 Å². The van der Waals surface area contributed by atoms with Crippen molar-refractivity contribution in [3.63, 3.8) is 0 Å². The first-order valence-corrected chi connectivity index (χ1v) is 8.53. The van der Waals surface area contributed by atoms with Crippen molar-refractivity contribution in [2.75, 3.05) is 4.72 Å². The average Bonchev–Trinajstić information content (AvgIpc) is 2.49. The van der Waals surface area contributed by atoms with Gasteiger partial charge in [-0.1, -0.05) is 48.0 Å². The van der Waals surface area contributed by atoms with Gasteiger partial charge in [0, 0.05) is 0 Å². The van der Waals surface area contributed by atoms with Gasteiger partial charge in [-0.25, -0.2) is 8.42 Å². The maximum absolute atomic E-state index is 12.6. The molecule has 0 amide bonds. The van der Waals surface area contributed by atoms with Crippen molar-refractivity contribution in [3.05, 3.63) is 71.8 Å². The van der Waals surface area contributed by atoms with Crippen LogP contribution >= 0.6 is 0 Å². The predicted octanol–water partition coefficient (Wildman–Crippen LogP) is 4.26. The van der Waals surface area contributed by atoms with Crippen molar-refractivity contribution >= 4 is 26.5 Å². The molecule has 0 aliphatic heterocycles. The topological polar surface area (TPSA) is 46.2 Å². The standard InChI is InChI=1S/C18H17NO2S/c1-13-7-10-18(14(2)11-13)19-22(20,21)17-9-8-15-5-3-4-6-16(15)12-17/h3-12,19H,1-2H3. The van der Waals surface area contributed by atoms with Crippen molar-refractivity contribution in [1.29, 1.82) is 0 Å². The Kier molecular flexibility index (Phi) is 3.62. The van der Waals surface area contributed by atoms with Crippen LogP contribution in [0.3, 0.4) is 0 Å². The molecule has 0 bridgehead atoms. The normalized spacial score (nSPS) is 11.5. The molecule has 0 heterocycles. The number of sulfonamides is 1. The highest BCUT2D eigenvalue weighted by Gasteiger charge is 2.15. The molecule has 3 nitrogen and oxygen atoms in total. The van der Waals surface area contributed by atoms with E-state index in [2.05, 4.69) is 4.72 Å². The van der Waals surface area contributed by atoms with Gasteiger partial charge in [-0.2, -0.15) is 0 Å². The molecule has 0 aliphatic carbocycles. The summed E-state index contributed by atoms with van der Waals surface area (Å²) in [5.74, 6) is 0. The Morgan fingerprint density at radius 1 is 0.818 bits per heavy atom. The van der Waals surface area contributed by atoms with Crippen LogP contribution in [-0.2, 0) is 10.0 Å². The van der Waals surface area contributed by atoms with Crippen LogP contribution in [0.25, 0.3) is 10.8 Å². The zero-order valence-electron chi connectivity index (χ0n) is 12.5. The monoisotopic (exact) mass is 311 g/mol. The minimum Gasteiger partial charge on any atom is -0.279 e. The van der Waals surface area contributed by atoms with Crippen molar-refractivity contribution in [2.24, 2.45) is 0 Å². The highest BCUT2D eigenvalue weighted by atomic mass is 32.2. The zero-order valence-corrected chi connectivity index (χ0v) is 13.3. The molecule has 22 heavy (non-hydrogen) atoms. The maximum atomic E-state index is 12.6. The average molecular weight is 311 g/mol. The molecular weight excluding hydrogens is 294 g/mol. The second kappa shape index (κ2) is 5.46. The van der Waals surface area contributed by atoms with E-state index in [0.717, 1.165) is 21.9 Å². The molecule has 112 valence electrons. The number of hydrogen-bond donors (Lipinski definition) is 1. The fourth-order valence-corrected chi connectivity index (χ4v) is 3.63. The number of rotatable bonds is 3. The number of nitrogens with one attached hydrogen (secondary N) is 1. The van der Waals surface area contributed by atoms with Gasteiger partial charge in [-0.15, -0.1) is 0 Å². The second-order valence-corrected chi connectivity index (χ2v) is 7.12. The van der Waals surface area contributed by atoms with Crippen molar-refractivity contribution in [1.82, 2.24) is 0 Å². The molecule has 0 spiro atoms. The van der Waals surface area contributed by atoms with Crippen LogP contribution in [0.5, 0.6) is 0 Å². The molecule has 0 radical (unpaired) electrons. The molecule has 0 atom stereocenters. The first kappa shape index (κ1) is 14.6. The second-order valence-electron chi connectivity index (χ2n) is 5.43. The molecular formula is C18H17NO2S. The quantitative estimate of drug-likeness (QED) is 0.785. The van der Waals surface area contributed by atoms with Crippen LogP contribution in [0.4, 0.5) is 5.69 Å². The summed E-state index contributed by atoms with van der Waals surface area (Å²) in [7, 11) is -3.59. The van der Waals surface area contributed by atoms with E-state index in [0.29, 0.717) is 5.69 Å². The van der Waals surface area contributed by atoms with E-state index in [1.165, 1.54) is 0 Å². The molecule has 0 saturated heterocycles. The summed E-state index contributed by atoms with van der Waals surface area (Å²) in [6.45, 7) is 3.87. The Hall–Kier alpha value is -2.33. The van der Waals surface area contributed by atoms with Crippen LogP contribution < -0.4 is 4.72 Å². The van der Waals surface area contributed by atoms with E-state index in [1.807, 2.05) is 56.3 Å². The van der Waals surface area contributed by atoms with Gasteiger partial charge in [0.25, 0.3) is 10.0 Å². The lowest BCUT2D eigenvalue weighted by molar-refractivity contribution is 0.601. The van der Waals surface area contributed by atoms with Gasteiger partial charge >= 0.3 is 0 Å². The Morgan fingerprint density at radius 2 is 1.55 bits per heavy atom. The smallest absolute Gasteiger partial charge is 0.261 e. The van der Waals surface area contributed by atoms with E-state index in [4.69, 9.17) is 0 Å². The van der Waals surface area contributed by atoms with Crippen LogP contribution in [-0.4, -0.2) is 8.42 Å². The molecule has 0 fully saturated rings. The maximum Gasteiger partial charge on any atom is 0.261 e. The molecule has 3 rings (SSSR count). The summed E-state index contributed by atoms with van der Waals surface area (Å²) >= 11 is 0. The van der Waals surface area contributed by atoms with Gasteiger partial charge in [0.05, 0.1) is 10.6 Å². The molecule has 0 saturated carbocycles. The third-order valence-electron chi connectivity index (χ3n) is 3.66. The van der Waals surface area contributed by atoms with Gasteiger partial charge in [0.15, 0.2) is 0 Å². The number of benzene rings is 3. The first-order valence-electron chi connectivity index (χ1n) is 7.04. The summed E-state index contributed by atoms with van der Waals surface area (Å²) < 4.78 is 27.8.